The van der Waals surface area contributed by atoms with Crippen molar-refractivity contribution in [1.82, 2.24) is 4.72 Å². The maximum Gasteiger partial charge on any atom is 0.240 e. The maximum atomic E-state index is 11.7. The van der Waals surface area contributed by atoms with E-state index in [0.29, 0.717) is 5.69 Å². The lowest BCUT2D eigenvalue weighted by molar-refractivity contribution is -0.115. The Hall–Kier alpha value is -0.960. The molecular weight excluding hydrogens is 336 g/mol. The number of carbonyl (C=O) groups is 1. The predicted octanol–water partition coefficient (Wildman–Crippen LogP) is 0.679. The van der Waals surface area contributed by atoms with Crippen molar-refractivity contribution in [1.29, 1.82) is 0 Å². The van der Waals surface area contributed by atoms with Crippen molar-refractivity contribution in [3.05, 3.63) is 24.3 Å². The normalized spacial score (nSPS) is 13.0. The molecule has 6 nitrogen and oxygen atoms in total. The number of rotatable bonds is 6. The summed E-state index contributed by atoms with van der Waals surface area (Å²) in [5, 5.41) is 11.2. The van der Waals surface area contributed by atoms with Gasteiger partial charge >= 0.3 is 0 Å². The van der Waals surface area contributed by atoms with Crippen LogP contribution in [0.5, 0.6) is 0 Å². The van der Waals surface area contributed by atoms with Gasteiger partial charge in [-0.05, 0) is 31.2 Å². The topological polar surface area (TPSA) is 95.5 Å². The number of hydrogen-bond donors (Lipinski definition) is 3. The van der Waals surface area contributed by atoms with Crippen LogP contribution in [0.3, 0.4) is 0 Å². The lowest BCUT2D eigenvalue weighted by Crippen LogP contribution is -2.26. The summed E-state index contributed by atoms with van der Waals surface area (Å²) >= 11 is 3.13. The van der Waals surface area contributed by atoms with Gasteiger partial charge in [0.15, 0.2) is 0 Å². The highest BCUT2D eigenvalue weighted by Crippen LogP contribution is 2.14. The molecule has 0 aliphatic heterocycles. The number of carbonyl (C=O) groups excluding carboxylic acids is 1. The molecule has 0 fully saturated rings. The van der Waals surface area contributed by atoms with Crippen molar-refractivity contribution in [2.24, 2.45) is 0 Å². The highest BCUT2D eigenvalue weighted by atomic mass is 79.9. The Morgan fingerprint density at radius 3 is 2.42 bits per heavy atom. The minimum absolute atomic E-state index is 0.0398. The minimum atomic E-state index is -3.62. The van der Waals surface area contributed by atoms with Gasteiger partial charge in [-0.15, -0.1) is 0 Å². The quantitative estimate of drug-likeness (QED) is 0.657. The molecule has 1 aromatic carbocycles. The molecule has 0 spiro atoms. The van der Waals surface area contributed by atoms with E-state index in [1.165, 1.54) is 24.3 Å². The molecule has 0 radical (unpaired) electrons. The molecule has 106 valence electrons. The van der Waals surface area contributed by atoms with Gasteiger partial charge in [0.25, 0.3) is 0 Å². The number of benzene rings is 1. The Balaban J connectivity index is 2.79. The molecule has 8 heteroatoms. The number of alkyl halides is 1. The molecule has 19 heavy (non-hydrogen) atoms. The van der Waals surface area contributed by atoms with Crippen molar-refractivity contribution < 1.29 is 18.3 Å². The lowest BCUT2D eigenvalue weighted by Gasteiger charge is -2.08. The van der Waals surface area contributed by atoms with Gasteiger partial charge in [-0.1, -0.05) is 15.9 Å². The maximum absolute atomic E-state index is 11.7. The summed E-state index contributed by atoms with van der Waals surface area (Å²) in [7, 11) is -3.62. The SMILES string of the molecule is CC(Br)C(=O)Nc1ccc(S(=O)(=O)NCCO)cc1. The molecule has 1 rings (SSSR count). The Morgan fingerprint density at radius 2 is 1.95 bits per heavy atom. The van der Waals surface area contributed by atoms with Gasteiger partial charge in [0.05, 0.1) is 16.3 Å². The predicted molar refractivity (Wildman–Crippen MR) is 75.7 cm³/mol. The summed E-state index contributed by atoms with van der Waals surface area (Å²) in [6.07, 6.45) is 0. The molecule has 1 amide bonds. The largest absolute Gasteiger partial charge is 0.395 e. The summed E-state index contributed by atoms with van der Waals surface area (Å²) in [6.45, 7) is 1.38. The van der Waals surface area contributed by atoms with Gasteiger partial charge in [0.1, 0.15) is 0 Å². The van der Waals surface area contributed by atoms with Crippen molar-refractivity contribution in [2.45, 2.75) is 16.6 Å². The fourth-order valence-corrected chi connectivity index (χ4v) is 2.36. The van der Waals surface area contributed by atoms with E-state index in [2.05, 4.69) is 26.0 Å². The highest BCUT2D eigenvalue weighted by molar-refractivity contribution is 9.10. The number of halogens is 1. The fourth-order valence-electron chi connectivity index (χ4n) is 1.22. The van der Waals surface area contributed by atoms with E-state index in [4.69, 9.17) is 5.11 Å². The lowest BCUT2D eigenvalue weighted by atomic mass is 10.3. The van der Waals surface area contributed by atoms with Crippen LogP contribution in [0.1, 0.15) is 6.92 Å². The van der Waals surface area contributed by atoms with Crippen LogP contribution in [0.2, 0.25) is 0 Å². The number of anilines is 1. The molecule has 1 unspecified atom stereocenters. The van der Waals surface area contributed by atoms with Gasteiger partial charge in [-0.25, -0.2) is 13.1 Å². The van der Waals surface area contributed by atoms with E-state index in [9.17, 15) is 13.2 Å². The number of sulfonamides is 1. The van der Waals surface area contributed by atoms with Crippen molar-refractivity contribution >= 4 is 37.5 Å². The van der Waals surface area contributed by atoms with Crippen molar-refractivity contribution in [2.75, 3.05) is 18.5 Å². The Kier molecular flexibility index (Phi) is 5.92. The number of nitrogens with one attached hydrogen (secondary N) is 2. The third-order valence-corrected chi connectivity index (χ3v) is 4.09. The molecule has 0 aromatic heterocycles. The van der Waals surface area contributed by atoms with Crippen LogP contribution in [-0.2, 0) is 14.8 Å². The second-order valence-corrected chi connectivity index (χ2v) is 6.89. The first-order chi connectivity index (χ1) is 8.86. The van der Waals surface area contributed by atoms with E-state index in [-0.39, 0.29) is 28.8 Å². The van der Waals surface area contributed by atoms with Crippen LogP contribution < -0.4 is 10.0 Å². The molecule has 1 aromatic rings. The molecule has 0 heterocycles. The van der Waals surface area contributed by atoms with Crippen molar-refractivity contribution in [3.63, 3.8) is 0 Å². The number of amides is 1. The summed E-state index contributed by atoms with van der Waals surface area (Å²) in [6, 6.07) is 5.77. The zero-order chi connectivity index (χ0) is 14.5. The van der Waals surface area contributed by atoms with Crippen LogP contribution in [0.25, 0.3) is 0 Å². The van der Waals surface area contributed by atoms with E-state index in [1.807, 2.05) is 0 Å². The summed E-state index contributed by atoms with van der Waals surface area (Å²) < 4.78 is 25.7. The molecular formula is C11H15BrN2O4S. The van der Waals surface area contributed by atoms with Crippen LogP contribution in [0, 0.1) is 0 Å². The molecule has 0 aliphatic carbocycles. The molecule has 0 saturated carbocycles. The second-order valence-electron chi connectivity index (χ2n) is 3.75. The summed E-state index contributed by atoms with van der Waals surface area (Å²) in [5.41, 5.74) is 0.511. The number of aliphatic hydroxyl groups excluding tert-OH is 1. The Morgan fingerprint density at radius 1 is 1.37 bits per heavy atom. The summed E-state index contributed by atoms with van der Waals surface area (Å²) in [5.74, 6) is -0.214. The molecule has 0 saturated heterocycles. The van der Waals surface area contributed by atoms with Gasteiger partial charge in [-0.2, -0.15) is 0 Å². The standard InChI is InChI=1S/C11H15BrN2O4S/c1-8(12)11(16)14-9-2-4-10(5-3-9)19(17,18)13-6-7-15/h2-5,8,13,15H,6-7H2,1H3,(H,14,16). The molecule has 3 N–H and O–H groups in total. The Bertz CT molecular complexity index is 528. The number of aliphatic hydroxyl groups is 1. The average Bonchev–Trinajstić information content (AvgIpc) is 2.37. The van der Waals surface area contributed by atoms with E-state index in [0.717, 1.165) is 0 Å². The average molecular weight is 351 g/mol. The van der Waals surface area contributed by atoms with E-state index >= 15 is 0 Å². The number of hydrogen-bond acceptors (Lipinski definition) is 4. The zero-order valence-electron chi connectivity index (χ0n) is 10.3. The minimum Gasteiger partial charge on any atom is -0.395 e. The first-order valence-electron chi connectivity index (χ1n) is 5.52. The van der Waals surface area contributed by atoms with E-state index < -0.39 is 10.0 Å². The van der Waals surface area contributed by atoms with E-state index in [1.54, 1.807) is 6.92 Å². The third-order valence-electron chi connectivity index (χ3n) is 2.20. The third kappa shape index (κ3) is 4.90. The summed E-state index contributed by atoms with van der Waals surface area (Å²) in [4.78, 5) is 11.2. The highest BCUT2D eigenvalue weighted by Gasteiger charge is 2.13. The monoisotopic (exact) mass is 350 g/mol. The van der Waals surface area contributed by atoms with Gasteiger partial charge in [0.2, 0.25) is 15.9 Å². The second kappa shape index (κ2) is 6.99. The zero-order valence-corrected chi connectivity index (χ0v) is 12.7. The van der Waals surface area contributed by atoms with Crippen LogP contribution in [-0.4, -0.2) is 37.4 Å². The Labute approximate surface area is 120 Å². The van der Waals surface area contributed by atoms with Gasteiger partial charge in [0, 0.05) is 12.2 Å². The molecule has 0 bridgehead atoms. The van der Waals surface area contributed by atoms with Crippen LogP contribution in [0.4, 0.5) is 5.69 Å². The van der Waals surface area contributed by atoms with Gasteiger partial charge in [-0.3, -0.25) is 4.79 Å². The molecule has 1 atom stereocenters. The first-order valence-corrected chi connectivity index (χ1v) is 7.92. The smallest absolute Gasteiger partial charge is 0.240 e. The first kappa shape index (κ1) is 16.1. The fraction of sp³-hybridized carbons (Fsp3) is 0.364. The van der Waals surface area contributed by atoms with Crippen LogP contribution >= 0.6 is 15.9 Å². The van der Waals surface area contributed by atoms with Crippen LogP contribution in [0.15, 0.2) is 29.2 Å². The molecule has 0 aliphatic rings. The van der Waals surface area contributed by atoms with Crippen molar-refractivity contribution in [3.8, 4) is 0 Å². The van der Waals surface area contributed by atoms with Gasteiger partial charge < -0.3 is 10.4 Å².